The average Bonchev–Trinajstić information content (AvgIpc) is 2.99. The number of nitrogens with two attached hydrogens (primary N) is 1. The molecule has 0 radical (unpaired) electrons. The van der Waals surface area contributed by atoms with E-state index in [0.29, 0.717) is 18.3 Å². The molecule has 0 saturated carbocycles. The van der Waals surface area contributed by atoms with Crippen molar-refractivity contribution in [3.8, 4) is 0 Å². The lowest BCUT2D eigenvalue weighted by Crippen LogP contribution is -2.13. The lowest BCUT2D eigenvalue weighted by Gasteiger charge is -2.10. The van der Waals surface area contributed by atoms with Crippen LogP contribution in [-0.2, 0) is 13.1 Å². The predicted molar refractivity (Wildman–Crippen MR) is 80.4 cm³/mol. The maximum absolute atomic E-state index is 5.42. The monoisotopic (exact) mass is 284 g/mol. The number of aromatic nitrogens is 5. The number of hydrogen-bond acceptors (Lipinski definition) is 7. The molecule has 0 bridgehead atoms. The van der Waals surface area contributed by atoms with Crippen molar-refractivity contribution in [2.24, 2.45) is 5.84 Å². The Morgan fingerprint density at radius 3 is 2.90 bits per heavy atom. The van der Waals surface area contributed by atoms with Gasteiger partial charge in [0.2, 0.25) is 5.95 Å². The molecule has 0 aliphatic carbocycles. The van der Waals surface area contributed by atoms with E-state index in [4.69, 9.17) is 5.84 Å². The number of aryl methyl sites for hydroxylation is 1. The van der Waals surface area contributed by atoms with Gasteiger partial charge in [0, 0.05) is 11.9 Å². The van der Waals surface area contributed by atoms with Crippen molar-refractivity contribution < 1.29 is 0 Å². The van der Waals surface area contributed by atoms with E-state index < -0.39 is 0 Å². The molecule has 2 heterocycles. The molecule has 21 heavy (non-hydrogen) atoms. The van der Waals surface area contributed by atoms with Crippen molar-refractivity contribution in [1.82, 2.24) is 24.7 Å². The van der Waals surface area contributed by atoms with Gasteiger partial charge in [-0.2, -0.15) is 4.98 Å². The summed E-state index contributed by atoms with van der Waals surface area (Å²) in [4.78, 5) is 8.67. The second kappa shape index (κ2) is 5.71. The van der Waals surface area contributed by atoms with Crippen molar-refractivity contribution in [3.05, 3.63) is 36.4 Å². The molecular formula is C13H16N8. The van der Waals surface area contributed by atoms with Crippen molar-refractivity contribution in [2.45, 2.75) is 20.0 Å². The molecule has 3 rings (SSSR count). The third-order valence-corrected chi connectivity index (χ3v) is 3.18. The molecule has 0 saturated heterocycles. The van der Waals surface area contributed by atoms with Crippen LogP contribution in [-0.4, -0.2) is 24.7 Å². The minimum Gasteiger partial charge on any atom is -0.362 e. The summed E-state index contributed by atoms with van der Waals surface area (Å²) >= 11 is 0. The first-order chi connectivity index (χ1) is 10.3. The zero-order chi connectivity index (χ0) is 14.7. The lowest BCUT2D eigenvalue weighted by molar-refractivity contribution is 0.707. The van der Waals surface area contributed by atoms with Crippen LogP contribution in [0.5, 0.6) is 0 Å². The Balaban J connectivity index is 1.92. The number of hydrazine groups is 1. The molecule has 1 aromatic carbocycles. The molecule has 2 aromatic heterocycles. The van der Waals surface area contributed by atoms with Gasteiger partial charge in [-0.25, -0.2) is 10.8 Å². The number of fused-ring (bicyclic) bond motifs is 1. The Kier molecular flexibility index (Phi) is 3.61. The highest BCUT2D eigenvalue weighted by molar-refractivity contribution is 5.89. The van der Waals surface area contributed by atoms with Gasteiger partial charge in [0.1, 0.15) is 12.1 Å². The Hall–Kier alpha value is -2.74. The largest absolute Gasteiger partial charge is 0.362 e. The van der Waals surface area contributed by atoms with Gasteiger partial charge in [0.25, 0.3) is 0 Å². The van der Waals surface area contributed by atoms with E-state index >= 15 is 0 Å². The number of nitrogen functional groups attached to an aromatic ring is 1. The van der Waals surface area contributed by atoms with Crippen LogP contribution < -0.4 is 16.6 Å². The summed E-state index contributed by atoms with van der Waals surface area (Å²) in [6.45, 7) is 3.40. The van der Waals surface area contributed by atoms with E-state index in [9.17, 15) is 0 Å². The van der Waals surface area contributed by atoms with Crippen molar-refractivity contribution in [1.29, 1.82) is 0 Å². The molecule has 8 heteroatoms. The van der Waals surface area contributed by atoms with E-state index in [1.165, 1.54) is 0 Å². The molecule has 0 spiro atoms. The highest BCUT2D eigenvalue weighted by Crippen LogP contribution is 2.21. The number of nitrogens with one attached hydrogen (secondary N) is 2. The number of anilines is 2. The zero-order valence-electron chi connectivity index (χ0n) is 11.6. The summed E-state index contributed by atoms with van der Waals surface area (Å²) in [6, 6.07) is 7.74. The van der Waals surface area contributed by atoms with Crippen molar-refractivity contribution in [3.63, 3.8) is 0 Å². The first-order valence-corrected chi connectivity index (χ1v) is 6.65. The Bertz CT molecular complexity index is 751. The van der Waals surface area contributed by atoms with Gasteiger partial charge in [-0.3, -0.25) is 5.43 Å². The van der Waals surface area contributed by atoms with Gasteiger partial charge >= 0.3 is 0 Å². The van der Waals surface area contributed by atoms with Crippen LogP contribution in [0.25, 0.3) is 10.9 Å². The van der Waals surface area contributed by atoms with Gasteiger partial charge in [-0.1, -0.05) is 12.1 Å². The number of nitrogens with zero attached hydrogens (tertiary/aromatic N) is 5. The third kappa shape index (κ3) is 2.61. The van der Waals surface area contributed by atoms with E-state index in [1.807, 2.05) is 35.8 Å². The Morgan fingerprint density at radius 1 is 1.24 bits per heavy atom. The molecule has 0 amide bonds. The fourth-order valence-electron chi connectivity index (χ4n) is 2.12. The first kappa shape index (κ1) is 13.3. The SMILES string of the molecule is CCn1cnnc1CNc1nc(NN)nc2ccccc12. The standard InChI is InChI=1S/C13H16N8/c1-2-21-8-16-20-11(21)7-15-12-9-5-3-4-6-10(9)17-13(18-12)19-14/h3-6,8H,2,7,14H2,1H3,(H2,15,17,18,19). The molecule has 8 nitrogen and oxygen atoms in total. The van der Waals surface area contributed by atoms with E-state index in [1.54, 1.807) is 6.33 Å². The molecule has 0 aliphatic heterocycles. The summed E-state index contributed by atoms with van der Waals surface area (Å²) in [5, 5.41) is 12.2. The summed E-state index contributed by atoms with van der Waals surface area (Å²) in [5.74, 6) is 7.34. The number of rotatable bonds is 5. The number of benzene rings is 1. The molecule has 108 valence electrons. The molecule has 3 aromatic rings. The van der Waals surface area contributed by atoms with Crippen molar-refractivity contribution in [2.75, 3.05) is 10.7 Å². The molecule has 0 atom stereocenters. The van der Waals surface area contributed by atoms with Crippen LogP contribution in [0, 0.1) is 0 Å². The summed E-state index contributed by atoms with van der Waals surface area (Å²) in [5.41, 5.74) is 3.30. The van der Waals surface area contributed by atoms with Gasteiger partial charge in [0.15, 0.2) is 5.82 Å². The smallest absolute Gasteiger partial charge is 0.239 e. The molecule has 0 unspecified atom stereocenters. The van der Waals surface area contributed by atoms with E-state index in [-0.39, 0.29) is 0 Å². The Morgan fingerprint density at radius 2 is 2.10 bits per heavy atom. The number of hydrogen-bond donors (Lipinski definition) is 3. The highest BCUT2D eigenvalue weighted by atomic mass is 15.3. The van der Waals surface area contributed by atoms with Gasteiger partial charge < -0.3 is 9.88 Å². The van der Waals surface area contributed by atoms with Gasteiger partial charge in [-0.15, -0.1) is 10.2 Å². The maximum atomic E-state index is 5.42. The topological polar surface area (TPSA) is 107 Å². The molecular weight excluding hydrogens is 268 g/mol. The Labute approximate surface area is 121 Å². The van der Waals surface area contributed by atoms with Crippen LogP contribution in [0.15, 0.2) is 30.6 Å². The zero-order valence-corrected chi connectivity index (χ0v) is 11.6. The fourth-order valence-corrected chi connectivity index (χ4v) is 2.12. The summed E-state index contributed by atoms with van der Waals surface area (Å²) < 4.78 is 1.97. The van der Waals surface area contributed by atoms with Crippen LogP contribution in [0.1, 0.15) is 12.7 Å². The predicted octanol–water partition coefficient (Wildman–Crippen LogP) is 1.14. The molecule has 0 fully saturated rings. The second-order valence-corrected chi connectivity index (χ2v) is 4.44. The minimum absolute atomic E-state index is 0.369. The normalized spacial score (nSPS) is 10.8. The van der Waals surface area contributed by atoms with Gasteiger partial charge in [0.05, 0.1) is 12.1 Å². The van der Waals surface area contributed by atoms with Crippen LogP contribution in [0.4, 0.5) is 11.8 Å². The van der Waals surface area contributed by atoms with Crippen LogP contribution in [0.3, 0.4) is 0 Å². The molecule has 0 aliphatic rings. The minimum atomic E-state index is 0.369. The fraction of sp³-hybridized carbons (Fsp3) is 0.231. The van der Waals surface area contributed by atoms with E-state index in [2.05, 4.69) is 30.9 Å². The second-order valence-electron chi connectivity index (χ2n) is 4.44. The maximum Gasteiger partial charge on any atom is 0.239 e. The van der Waals surface area contributed by atoms with Gasteiger partial charge in [-0.05, 0) is 19.1 Å². The summed E-state index contributed by atoms with van der Waals surface area (Å²) in [7, 11) is 0. The first-order valence-electron chi connectivity index (χ1n) is 6.65. The highest BCUT2D eigenvalue weighted by Gasteiger charge is 2.08. The molecule has 4 N–H and O–H groups in total. The average molecular weight is 284 g/mol. The van der Waals surface area contributed by atoms with Crippen LogP contribution in [0.2, 0.25) is 0 Å². The quantitative estimate of drug-likeness (QED) is 0.476. The summed E-state index contributed by atoms with van der Waals surface area (Å²) in [6.07, 6.45) is 1.71. The van der Waals surface area contributed by atoms with Crippen molar-refractivity contribution >= 4 is 22.7 Å². The third-order valence-electron chi connectivity index (χ3n) is 3.18. The number of para-hydroxylation sites is 1. The van der Waals surface area contributed by atoms with E-state index in [0.717, 1.165) is 23.3 Å². The lowest BCUT2D eigenvalue weighted by atomic mass is 10.2. The van der Waals surface area contributed by atoms with Crippen LogP contribution >= 0.6 is 0 Å².